The molecule has 1 amide bonds. The van der Waals surface area contributed by atoms with E-state index in [0.29, 0.717) is 18.4 Å². The summed E-state index contributed by atoms with van der Waals surface area (Å²) in [5, 5.41) is 12.4. The van der Waals surface area contributed by atoms with Gasteiger partial charge in [-0.25, -0.2) is 5.48 Å². The Labute approximate surface area is 129 Å². The molecule has 0 aromatic heterocycles. The maximum absolute atomic E-state index is 12.0. The lowest BCUT2D eigenvalue weighted by molar-refractivity contribution is -0.125. The van der Waals surface area contributed by atoms with E-state index in [-0.39, 0.29) is 0 Å². The van der Waals surface area contributed by atoms with Gasteiger partial charge in [0, 0.05) is 29.8 Å². The number of aryl methyl sites for hydroxylation is 1. The Morgan fingerprint density at radius 2 is 1.95 bits per heavy atom. The zero-order valence-corrected chi connectivity index (χ0v) is 12.4. The fourth-order valence-corrected chi connectivity index (χ4v) is 2.81. The molecule has 0 radical (unpaired) electrons. The Bertz CT molecular complexity index is 736. The van der Waals surface area contributed by atoms with Crippen LogP contribution in [0.5, 0.6) is 0 Å². The molecule has 1 aliphatic heterocycles. The summed E-state index contributed by atoms with van der Waals surface area (Å²) in [5.41, 5.74) is 7.55. The van der Waals surface area contributed by atoms with Crippen molar-refractivity contribution in [2.75, 3.05) is 5.32 Å². The molecule has 0 atom stereocenters. The summed E-state index contributed by atoms with van der Waals surface area (Å²) >= 11 is 0. The van der Waals surface area contributed by atoms with E-state index >= 15 is 0 Å². The van der Waals surface area contributed by atoms with Crippen LogP contribution in [0.1, 0.15) is 16.7 Å². The van der Waals surface area contributed by atoms with Crippen LogP contribution >= 0.6 is 0 Å². The maximum atomic E-state index is 12.0. The Hall–Kier alpha value is -2.59. The van der Waals surface area contributed by atoms with E-state index in [1.165, 1.54) is 0 Å². The number of carbonyl (C=O) groups is 1. The first-order valence-electron chi connectivity index (χ1n) is 7.25. The topological polar surface area (TPSA) is 61.4 Å². The third-order valence-electron chi connectivity index (χ3n) is 3.97. The Kier molecular flexibility index (Phi) is 3.94. The lowest BCUT2D eigenvalue weighted by Gasteiger charge is -2.25. The summed E-state index contributed by atoms with van der Waals surface area (Å²) in [6, 6.07) is 16.0. The van der Waals surface area contributed by atoms with Gasteiger partial charge in [-0.05, 0) is 23.6 Å². The summed E-state index contributed by atoms with van der Waals surface area (Å²) in [6.07, 6.45) is 1.13. The van der Waals surface area contributed by atoms with Gasteiger partial charge in [-0.1, -0.05) is 48.5 Å². The molecular formula is C18H18N2O2. The molecule has 112 valence electrons. The average Bonchev–Trinajstić information content (AvgIpc) is 2.55. The van der Waals surface area contributed by atoms with Crippen molar-refractivity contribution in [3.8, 4) is 0 Å². The normalized spacial score (nSPS) is 13.4. The summed E-state index contributed by atoms with van der Waals surface area (Å²) in [4.78, 5) is 12.0. The van der Waals surface area contributed by atoms with Gasteiger partial charge in [0.05, 0.1) is 0 Å². The molecule has 0 unspecified atom stereocenters. The molecule has 0 fully saturated rings. The summed E-state index contributed by atoms with van der Waals surface area (Å²) in [5.74, 6) is -0.453. The van der Waals surface area contributed by atoms with Crippen molar-refractivity contribution >= 4 is 11.6 Å². The first-order valence-corrected chi connectivity index (χ1v) is 7.25. The van der Waals surface area contributed by atoms with E-state index in [2.05, 4.69) is 5.32 Å². The van der Waals surface area contributed by atoms with E-state index in [4.69, 9.17) is 5.21 Å². The number of allylic oxidation sites excluding steroid dienone is 1. The lowest BCUT2D eigenvalue weighted by Crippen LogP contribution is -2.28. The predicted octanol–water partition coefficient (Wildman–Crippen LogP) is 2.97. The molecule has 0 bridgehead atoms. The minimum Gasteiger partial charge on any atom is -0.358 e. The van der Waals surface area contributed by atoms with Crippen LogP contribution in [-0.4, -0.2) is 11.1 Å². The van der Waals surface area contributed by atoms with Crippen LogP contribution in [0, 0.1) is 6.92 Å². The van der Waals surface area contributed by atoms with Crippen LogP contribution in [0.2, 0.25) is 0 Å². The standard InChI is InChI=1S/C18H18N2O2/c1-12-6-5-9-14-11-15(18(21)20-22)16(19-17(12)14)10-13-7-3-2-4-8-13/h2-9,19,22H,10-11H2,1H3,(H,20,21). The zero-order valence-electron chi connectivity index (χ0n) is 12.4. The fourth-order valence-electron chi connectivity index (χ4n) is 2.81. The quantitative estimate of drug-likeness (QED) is 0.602. The molecule has 0 aliphatic carbocycles. The summed E-state index contributed by atoms with van der Waals surface area (Å²) in [6.45, 7) is 2.04. The second-order valence-corrected chi connectivity index (χ2v) is 5.47. The van der Waals surface area contributed by atoms with Gasteiger partial charge in [-0.3, -0.25) is 10.0 Å². The molecule has 2 aromatic carbocycles. The van der Waals surface area contributed by atoms with E-state index in [1.807, 2.05) is 55.5 Å². The molecule has 22 heavy (non-hydrogen) atoms. The van der Waals surface area contributed by atoms with Crippen molar-refractivity contribution in [1.82, 2.24) is 5.48 Å². The number of hydroxylamine groups is 1. The number of hydrogen-bond acceptors (Lipinski definition) is 3. The van der Waals surface area contributed by atoms with Crippen LogP contribution < -0.4 is 10.8 Å². The number of hydrogen-bond donors (Lipinski definition) is 3. The molecular weight excluding hydrogens is 276 g/mol. The first kappa shape index (κ1) is 14.4. The summed E-state index contributed by atoms with van der Waals surface area (Å²) in [7, 11) is 0. The van der Waals surface area contributed by atoms with Crippen LogP contribution in [0.25, 0.3) is 0 Å². The van der Waals surface area contributed by atoms with Crippen LogP contribution in [0.15, 0.2) is 59.8 Å². The number of fused-ring (bicyclic) bond motifs is 1. The molecule has 2 aromatic rings. The average molecular weight is 294 g/mol. The van der Waals surface area contributed by atoms with Gasteiger partial charge in [-0.15, -0.1) is 0 Å². The third kappa shape index (κ3) is 2.73. The molecule has 1 heterocycles. The van der Waals surface area contributed by atoms with Gasteiger partial charge in [-0.2, -0.15) is 0 Å². The second-order valence-electron chi connectivity index (χ2n) is 5.47. The van der Waals surface area contributed by atoms with Crippen molar-refractivity contribution in [2.24, 2.45) is 0 Å². The van der Waals surface area contributed by atoms with Gasteiger partial charge < -0.3 is 5.32 Å². The van der Waals surface area contributed by atoms with Crippen molar-refractivity contribution in [3.05, 3.63) is 76.5 Å². The zero-order chi connectivity index (χ0) is 15.5. The maximum Gasteiger partial charge on any atom is 0.272 e. The number of amides is 1. The van der Waals surface area contributed by atoms with Gasteiger partial charge in [0.15, 0.2) is 0 Å². The highest BCUT2D eigenvalue weighted by molar-refractivity contribution is 5.95. The molecule has 4 nitrogen and oxygen atoms in total. The summed E-state index contributed by atoms with van der Waals surface area (Å²) < 4.78 is 0. The SMILES string of the molecule is Cc1cccc2c1NC(Cc1ccccc1)=C(C(=O)NO)C2. The van der Waals surface area contributed by atoms with E-state index in [9.17, 15) is 4.79 Å². The van der Waals surface area contributed by atoms with Gasteiger partial charge in [0.2, 0.25) is 0 Å². The number of anilines is 1. The molecule has 4 heteroatoms. The highest BCUT2D eigenvalue weighted by Crippen LogP contribution is 2.31. The highest BCUT2D eigenvalue weighted by atomic mass is 16.5. The largest absolute Gasteiger partial charge is 0.358 e. The Balaban J connectivity index is 2.00. The van der Waals surface area contributed by atoms with E-state index in [0.717, 1.165) is 28.1 Å². The Morgan fingerprint density at radius 1 is 1.18 bits per heavy atom. The Morgan fingerprint density at radius 3 is 2.68 bits per heavy atom. The van der Waals surface area contributed by atoms with Crippen LogP contribution in [0.4, 0.5) is 5.69 Å². The highest BCUT2D eigenvalue weighted by Gasteiger charge is 2.23. The van der Waals surface area contributed by atoms with Gasteiger partial charge in [0.25, 0.3) is 5.91 Å². The monoisotopic (exact) mass is 294 g/mol. The predicted molar refractivity (Wildman–Crippen MR) is 85.6 cm³/mol. The smallest absolute Gasteiger partial charge is 0.272 e. The molecule has 0 spiro atoms. The minimum absolute atomic E-state index is 0.453. The van der Waals surface area contributed by atoms with Crippen LogP contribution in [-0.2, 0) is 17.6 Å². The molecule has 3 rings (SSSR count). The van der Waals surface area contributed by atoms with E-state index < -0.39 is 5.91 Å². The molecule has 0 saturated heterocycles. The van der Waals surface area contributed by atoms with Gasteiger partial charge >= 0.3 is 0 Å². The molecule has 0 saturated carbocycles. The van der Waals surface area contributed by atoms with Crippen molar-refractivity contribution in [3.63, 3.8) is 0 Å². The third-order valence-corrected chi connectivity index (χ3v) is 3.97. The van der Waals surface area contributed by atoms with Gasteiger partial charge in [0.1, 0.15) is 0 Å². The minimum atomic E-state index is -0.453. The van der Waals surface area contributed by atoms with Crippen LogP contribution in [0.3, 0.4) is 0 Å². The number of carbonyl (C=O) groups excluding carboxylic acids is 1. The number of para-hydroxylation sites is 1. The number of rotatable bonds is 3. The number of benzene rings is 2. The second kappa shape index (κ2) is 6.03. The lowest BCUT2D eigenvalue weighted by atomic mass is 9.92. The van der Waals surface area contributed by atoms with Crippen molar-refractivity contribution in [2.45, 2.75) is 19.8 Å². The van der Waals surface area contributed by atoms with E-state index in [1.54, 1.807) is 5.48 Å². The molecule has 1 aliphatic rings. The fraction of sp³-hybridized carbons (Fsp3) is 0.167. The van der Waals surface area contributed by atoms with Crippen molar-refractivity contribution < 1.29 is 10.0 Å². The molecule has 3 N–H and O–H groups in total. The van der Waals surface area contributed by atoms with Crippen molar-refractivity contribution in [1.29, 1.82) is 0 Å². The number of nitrogens with one attached hydrogen (secondary N) is 2. The first-order chi connectivity index (χ1) is 10.7.